The quantitative estimate of drug-likeness (QED) is 0.689. The van der Waals surface area contributed by atoms with Gasteiger partial charge in [-0.15, -0.1) is 12.4 Å². The number of carbonyl (C=O) groups excluding carboxylic acids is 1. The number of benzene rings is 1. The Balaban J connectivity index is 0.00000400. The van der Waals surface area contributed by atoms with Crippen molar-refractivity contribution in [1.82, 2.24) is 5.32 Å². The van der Waals surface area contributed by atoms with Crippen LogP contribution in [0.15, 0.2) is 30.3 Å². The maximum absolute atomic E-state index is 11.7. The lowest BCUT2D eigenvalue weighted by Crippen LogP contribution is -2.49. The van der Waals surface area contributed by atoms with E-state index in [1.165, 1.54) is 0 Å². The minimum absolute atomic E-state index is 0. The molecule has 0 radical (unpaired) electrons. The van der Waals surface area contributed by atoms with Crippen molar-refractivity contribution in [3.05, 3.63) is 30.3 Å². The number of carbonyl (C=O) groups is 1. The molecule has 0 spiro atoms. The Morgan fingerprint density at radius 2 is 1.86 bits per heavy atom. The zero-order valence-corrected chi connectivity index (χ0v) is 13.7. The molecule has 0 bridgehead atoms. The standard InChI is InChI=1S/C16H26N2O2.ClH/c1-3-16(17,4-2)13-18-15(19)11-8-12-20-14-9-6-5-7-10-14;/h5-7,9-10H,3-4,8,11-13,17H2,1-2H3,(H,18,19);1H. The predicted molar refractivity (Wildman–Crippen MR) is 88.9 cm³/mol. The summed E-state index contributed by atoms with van der Waals surface area (Å²) in [6.45, 7) is 5.18. The van der Waals surface area contributed by atoms with Gasteiger partial charge in [-0.1, -0.05) is 32.0 Å². The molecular weight excluding hydrogens is 288 g/mol. The lowest BCUT2D eigenvalue weighted by molar-refractivity contribution is -0.121. The molecule has 120 valence electrons. The molecule has 1 aromatic carbocycles. The van der Waals surface area contributed by atoms with Crippen LogP contribution in [0.25, 0.3) is 0 Å². The van der Waals surface area contributed by atoms with Gasteiger partial charge in [-0.2, -0.15) is 0 Å². The van der Waals surface area contributed by atoms with E-state index in [9.17, 15) is 4.79 Å². The number of amides is 1. The van der Waals surface area contributed by atoms with E-state index < -0.39 is 0 Å². The Kier molecular flexibility index (Phi) is 9.84. The summed E-state index contributed by atoms with van der Waals surface area (Å²) >= 11 is 0. The van der Waals surface area contributed by atoms with Gasteiger partial charge < -0.3 is 15.8 Å². The summed E-state index contributed by atoms with van der Waals surface area (Å²) in [5.41, 5.74) is 5.85. The summed E-state index contributed by atoms with van der Waals surface area (Å²) in [5.74, 6) is 0.879. The summed E-state index contributed by atoms with van der Waals surface area (Å²) in [7, 11) is 0. The van der Waals surface area contributed by atoms with Crippen LogP contribution in [0, 0.1) is 0 Å². The van der Waals surface area contributed by atoms with E-state index >= 15 is 0 Å². The predicted octanol–water partition coefficient (Wildman–Crippen LogP) is 2.90. The van der Waals surface area contributed by atoms with Crippen molar-refractivity contribution in [2.24, 2.45) is 5.73 Å². The van der Waals surface area contributed by atoms with Gasteiger partial charge in [-0.3, -0.25) is 4.79 Å². The molecule has 0 heterocycles. The second-order valence-electron chi connectivity index (χ2n) is 5.11. The van der Waals surface area contributed by atoms with Crippen molar-refractivity contribution in [3.63, 3.8) is 0 Å². The molecule has 5 heteroatoms. The minimum atomic E-state index is -0.282. The molecule has 0 saturated carbocycles. The first-order valence-electron chi connectivity index (χ1n) is 7.33. The highest BCUT2D eigenvalue weighted by Gasteiger charge is 2.20. The van der Waals surface area contributed by atoms with E-state index in [1.807, 2.05) is 44.2 Å². The Hall–Kier alpha value is -1.26. The van der Waals surface area contributed by atoms with E-state index in [0.717, 1.165) is 18.6 Å². The summed E-state index contributed by atoms with van der Waals surface area (Å²) in [5, 5.41) is 2.90. The van der Waals surface area contributed by atoms with E-state index in [2.05, 4.69) is 5.32 Å². The van der Waals surface area contributed by atoms with Crippen molar-refractivity contribution < 1.29 is 9.53 Å². The van der Waals surface area contributed by atoms with Crippen molar-refractivity contribution in [3.8, 4) is 5.75 Å². The third kappa shape index (κ3) is 7.93. The molecule has 1 amide bonds. The van der Waals surface area contributed by atoms with Crippen LogP contribution >= 0.6 is 12.4 Å². The lowest BCUT2D eigenvalue weighted by atomic mass is 9.94. The van der Waals surface area contributed by atoms with Crippen LogP contribution in [0.3, 0.4) is 0 Å². The smallest absolute Gasteiger partial charge is 0.220 e. The minimum Gasteiger partial charge on any atom is -0.494 e. The van der Waals surface area contributed by atoms with E-state index in [1.54, 1.807) is 0 Å². The van der Waals surface area contributed by atoms with E-state index in [4.69, 9.17) is 10.5 Å². The van der Waals surface area contributed by atoms with Crippen LogP contribution in [0.4, 0.5) is 0 Å². The fourth-order valence-corrected chi connectivity index (χ4v) is 1.80. The Morgan fingerprint density at radius 1 is 1.24 bits per heavy atom. The van der Waals surface area contributed by atoms with E-state index in [0.29, 0.717) is 26.0 Å². The highest BCUT2D eigenvalue weighted by molar-refractivity contribution is 5.85. The first-order chi connectivity index (χ1) is 9.59. The number of rotatable bonds is 9. The third-order valence-corrected chi connectivity index (χ3v) is 3.61. The Bertz CT molecular complexity index is 395. The van der Waals surface area contributed by atoms with Gasteiger partial charge in [-0.25, -0.2) is 0 Å². The molecule has 3 N–H and O–H groups in total. The van der Waals surface area contributed by atoms with Crippen molar-refractivity contribution in [1.29, 1.82) is 0 Å². The fraction of sp³-hybridized carbons (Fsp3) is 0.562. The zero-order valence-electron chi connectivity index (χ0n) is 12.9. The number of hydrogen-bond donors (Lipinski definition) is 2. The molecule has 0 fully saturated rings. The molecule has 0 aliphatic heterocycles. The average Bonchev–Trinajstić information content (AvgIpc) is 2.50. The zero-order chi connectivity index (χ0) is 14.8. The summed E-state index contributed by atoms with van der Waals surface area (Å²) in [6, 6.07) is 9.62. The monoisotopic (exact) mass is 314 g/mol. The number of para-hydroxylation sites is 1. The first-order valence-corrected chi connectivity index (χ1v) is 7.33. The average molecular weight is 315 g/mol. The van der Waals surface area contributed by atoms with Crippen LogP contribution in [-0.2, 0) is 4.79 Å². The Labute approximate surface area is 133 Å². The number of ether oxygens (including phenoxy) is 1. The van der Waals surface area contributed by atoms with Crippen molar-refractivity contribution in [2.75, 3.05) is 13.2 Å². The molecule has 4 nitrogen and oxygen atoms in total. The van der Waals surface area contributed by atoms with Crippen LogP contribution in [0.5, 0.6) is 5.75 Å². The van der Waals surface area contributed by atoms with Gasteiger partial charge in [0, 0.05) is 18.5 Å². The Morgan fingerprint density at radius 3 is 2.43 bits per heavy atom. The van der Waals surface area contributed by atoms with Crippen LogP contribution in [0.1, 0.15) is 39.5 Å². The molecule has 0 aliphatic carbocycles. The highest BCUT2D eigenvalue weighted by Crippen LogP contribution is 2.10. The molecule has 1 rings (SSSR count). The molecule has 0 unspecified atom stereocenters. The van der Waals surface area contributed by atoms with Crippen LogP contribution in [-0.4, -0.2) is 24.6 Å². The van der Waals surface area contributed by atoms with Crippen molar-refractivity contribution >= 4 is 18.3 Å². The summed E-state index contributed by atoms with van der Waals surface area (Å²) in [4.78, 5) is 11.7. The largest absolute Gasteiger partial charge is 0.494 e. The van der Waals surface area contributed by atoms with Gasteiger partial charge in [0.05, 0.1) is 6.61 Å². The van der Waals surface area contributed by atoms with Gasteiger partial charge in [-0.05, 0) is 31.4 Å². The number of nitrogens with two attached hydrogens (primary N) is 1. The fourth-order valence-electron chi connectivity index (χ4n) is 1.80. The van der Waals surface area contributed by atoms with Gasteiger partial charge >= 0.3 is 0 Å². The topological polar surface area (TPSA) is 64.3 Å². The molecule has 1 aromatic rings. The van der Waals surface area contributed by atoms with Crippen LogP contribution < -0.4 is 15.8 Å². The first kappa shape index (κ1) is 19.7. The highest BCUT2D eigenvalue weighted by atomic mass is 35.5. The normalized spacial score (nSPS) is 10.6. The second-order valence-corrected chi connectivity index (χ2v) is 5.11. The second kappa shape index (κ2) is 10.5. The molecule has 0 saturated heterocycles. The third-order valence-electron chi connectivity index (χ3n) is 3.61. The summed E-state index contributed by atoms with van der Waals surface area (Å²) in [6.07, 6.45) is 2.90. The van der Waals surface area contributed by atoms with Crippen molar-refractivity contribution in [2.45, 2.75) is 45.1 Å². The molecule has 0 atom stereocenters. The van der Waals surface area contributed by atoms with Gasteiger partial charge in [0.25, 0.3) is 0 Å². The molecule has 21 heavy (non-hydrogen) atoms. The van der Waals surface area contributed by atoms with Crippen LogP contribution in [0.2, 0.25) is 0 Å². The lowest BCUT2D eigenvalue weighted by Gasteiger charge is -2.26. The summed E-state index contributed by atoms with van der Waals surface area (Å²) < 4.78 is 5.54. The number of hydrogen-bond acceptors (Lipinski definition) is 3. The van der Waals surface area contributed by atoms with Gasteiger partial charge in [0.1, 0.15) is 5.75 Å². The number of halogens is 1. The maximum atomic E-state index is 11.7. The van der Waals surface area contributed by atoms with E-state index in [-0.39, 0.29) is 23.9 Å². The molecule has 0 aromatic heterocycles. The maximum Gasteiger partial charge on any atom is 0.220 e. The van der Waals surface area contributed by atoms with Gasteiger partial charge in [0.2, 0.25) is 5.91 Å². The molecule has 0 aliphatic rings. The molecular formula is C16H27ClN2O2. The SMILES string of the molecule is CCC(N)(CC)CNC(=O)CCCOc1ccccc1.Cl. The van der Waals surface area contributed by atoms with Gasteiger partial charge in [0.15, 0.2) is 0 Å². The number of nitrogens with one attached hydrogen (secondary N) is 1.